The van der Waals surface area contributed by atoms with Crippen molar-refractivity contribution in [2.45, 2.75) is 18.7 Å². The number of hydrogen-bond donors (Lipinski definition) is 0. The monoisotopic (exact) mass is 364 g/mol. The Kier molecular flexibility index (Phi) is 4.37. The molecule has 0 aliphatic heterocycles. The SMILES string of the molecule is Cc1ccc(C)c(C(Br)c2c(F)c(F)c(F)c(F)c2F)c1. The molecule has 0 aliphatic rings. The Morgan fingerprint density at radius 1 is 0.810 bits per heavy atom. The molecule has 2 aromatic carbocycles. The van der Waals surface area contributed by atoms with Crippen molar-refractivity contribution in [3.63, 3.8) is 0 Å². The van der Waals surface area contributed by atoms with Gasteiger partial charge in [-0.25, -0.2) is 22.0 Å². The van der Waals surface area contributed by atoms with E-state index in [0.29, 0.717) is 11.1 Å². The van der Waals surface area contributed by atoms with Crippen molar-refractivity contribution >= 4 is 15.9 Å². The average Bonchev–Trinajstić information content (AvgIpc) is 2.45. The molecule has 0 aliphatic carbocycles. The van der Waals surface area contributed by atoms with Crippen molar-refractivity contribution in [2.75, 3.05) is 0 Å². The molecule has 0 spiro atoms. The van der Waals surface area contributed by atoms with Gasteiger partial charge in [0.15, 0.2) is 23.3 Å². The maximum atomic E-state index is 13.8. The van der Waals surface area contributed by atoms with E-state index in [-0.39, 0.29) is 0 Å². The lowest BCUT2D eigenvalue weighted by atomic mass is 9.97. The van der Waals surface area contributed by atoms with Crippen LogP contribution in [0.2, 0.25) is 0 Å². The Morgan fingerprint density at radius 3 is 1.81 bits per heavy atom. The van der Waals surface area contributed by atoms with Crippen LogP contribution in [0.3, 0.4) is 0 Å². The third-order valence-electron chi connectivity index (χ3n) is 3.20. The fourth-order valence-corrected chi connectivity index (χ4v) is 2.93. The molecule has 2 aromatic rings. The molecule has 0 fully saturated rings. The quantitative estimate of drug-likeness (QED) is 0.286. The Hall–Kier alpha value is -1.43. The zero-order valence-corrected chi connectivity index (χ0v) is 12.7. The summed E-state index contributed by atoms with van der Waals surface area (Å²) in [6, 6.07) is 5.13. The van der Waals surface area contributed by atoms with E-state index in [1.165, 1.54) is 0 Å². The van der Waals surface area contributed by atoms with Crippen molar-refractivity contribution in [3.8, 4) is 0 Å². The van der Waals surface area contributed by atoms with Crippen LogP contribution < -0.4 is 0 Å². The highest BCUT2D eigenvalue weighted by Crippen LogP contribution is 2.38. The van der Waals surface area contributed by atoms with Gasteiger partial charge in [-0.05, 0) is 25.0 Å². The first kappa shape index (κ1) is 15.9. The Balaban J connectivity index is 2.69. The van der Waals surface area contributed by atoms with Gasteiger partial charge in [0.2, 0.25) is 5.82 Å². The molecular weight excluding hydrogens is 355 g/mol. The molecule has 0 N–H and O–H groups in total. The summed E-state index contributed by atoms with van der Waals surface area (Å²) >= 11 is 3.04. The standard InChI is InChI=1S/C15H10BrF5/c1-6-3-4-7(2)8(5-6)10(16)9-11(17)13(19)15(21)14(20)12(9)18/h3-5,10H,1-2H3. The van der Waals surface area contributed by atoms with Crippen LogP contribution in [-0.4, -0.2) is 0 Å². The largest absolute Gasteiger partial charge is 0.203 e. The molecule has 1 atom stereocenters. The second-order valence-corrected chi connectivity index (χ2v) is 5.62. The Morgan fingerprint density at radius 2 is 1.29 bits per heavy atom. The van der Waals surface area contributed by atoms with Gasteiger partial charge >= 0.3 is 0 Å². The van der Waals surface area contributed by atoms with Crippen LogP contribution in [0.15, 0.2) is 18.2 Å². The summed E-state index contributed by atoms with van der Waals surface area (Å²) in [6.45, 7) is 3.45. The molecule has 0 nitrogen and oxygen atoms in total. The van der Waals surface area contributed by atoms with Crippen LogP contribution in [0.5, 0.6) is 0 Å². The lowest BCUT2D eigenvalue weighted by Crippen LogP contribution is -2.10. The van der Waals surface area contributed by atoms with Crippen LogP contribution in [0, 0.1) is 42.9 Å². The third kappa shape index (κ3) is 2.69. The summed E-state index contributed by atoms with van der Waals surface area (Å²) in [5.41, 5.74) is 1.04. The highest BCUT2D eigenvalue weighted by molar-refractivity contribution is 9.09. The van der Waals surface area contributed by atoms with Crippen LogP contribution in [0.4, 0.5) is 22.0 Å². The van der Waals surface area contributed by atoms with E-state index in [9.17, 15) is 22.0 Å². The number of rotatable bonds is 2. The van der Waals surface area contributed by atoms with Crippen LogP contribution in [-0.2, 0) is 0 Å². The van der Waals surface area contributed by atoms with E-state index < -0.39 is 39.5 Å². The summed E-state index contributed by atoms with van der Waals surface area (Å²) in [7, 11) is 0. The first-order chi connectivity index (χ1) is 9.75. The van der Waals surface area contributed by atoms with E-state index in [0.717, 1.165) is 5.56 Å². The zero-order valence-electron chi connectivity index (χ0n) is 11.1. The molecule has 112 valence electrons. The van der Waals surface area contributed by atoms with E-state index >= 15 is 0 Å². The second-order valence-electron chi connectivity index (χ2n) is 4.71. The lowest BCUT2D eigenvalue weighted by molar-refractivity contribution is 0.371. The molecule has 6 heteroatoms. The van der Waals surface area contributed by atoms with Gasteiger partial charge in [-0.1, -0.05) is 39.7 Å². The molecule has 0 saturated heterocycles. The van der Waals surface area contributed by atoms with Gasteiger partial charge in [-0.2, -0.15) is 0 Å². The van der Waals surface area contributed by atoms with E-state index in [2.05, 4.69) is 15.9 Å². The number of alkyl halides is 1. The van der Waals surface area contributed by atoms with Crippen LogP contribution in [0.1, 0.15) is 27.1 Å². The Labute approximate surface area is 126 Å². The average molecular weight is 365 g/mol. The highest BCUT2D eigenvalue weighted by Gasteiger charge is 2.30. The number of aryl methyl sites for hydroxylation is 2. The molecule has 0 radical (unpaired) electrons. The molecule has 2 rings (SSSR count). The fourth-order valence-electron chi connectivity index (χ4n) is 2.03. The van der Waals surface area contributed by atoms with Crippen molar-refractivity contribution < 1.29 is 22.0 Å². The summed E-state index contributed by atoms with van der Waals surface area (Å²) < 4.78 is 67.3. The van der Waals surface area contributed by atoms with E-state index in [4.69, 9.17) is 0 Å². The zero-order chi connectivity index (χ0) is 15.9. The topological polar surface area (TPSA) is 0 Å². The van der Waals surface area contributed by atoms with E-state index in [1.54, 1.807) is 32.0 Å². The summed E-state index contributed by atoms with van der Waals surface area (Å²) in [4.78, 5) is -1.14. The van der Waals surface area contributed by atoms with Gasteiger partial charge in [0.1, 0.15) is 0 Å². The van der Waals surface area contributed by atoms with Crippen molar-refractivity contribution in [1.29, 1.82) is 0 Å². The molecule has 0 saturated carbocycles. The summed E-state index contributed by atoms with van der Waals surface area (Å²) in [5.74, 6) is -9.70. The predicted octanol–water partition coefficient (Wildman–Crippen LogP) is 5.48. The van der Waals surface area contributed by atoms with Gasteiger partial charge in [0, 0.05) is 5.56 Å². The lowest BCUT2D eigenvalue weighted by Gasteiger charge is -2.17. The van der Waals surface area contributed by atoms with Crippen molar-refractivity contribution in [3.05, 3.63) is 69.5 Å². The Bertz CT molecular complexity index is 683. The molecule has 0 amide bonds. The normalized spacial score (nSPS) is 12.6. The smallest absolute Gasteiger partial charge is 0.200 e. The van der Waals surface area contributed by atoms with Crippen LogP contribution >= 0.6 is 15.9 Å². The molecular formula is C15H10BrF5. The van der Waals surface area contributed by atoms with Crippen molar-refractivity contribution in [2.24, 2.45) is 0 Å². The summed E-state index contributed by atoms with van der Waals surface area (Å²) in [6.07, 6.45) is 0. The minimum absolute atomic E-state index is 0.443. The minimum atomic E-state index is -2.16. The predicted molar refractivity (Wildman–Crippen MR) is 72.9 cm³/mol. The fraction of sp³-hybridized carbons (Fsp3) is 0.200. The molecule has 21 heavy (non-hydrogen) atoms. The van der Waals surface area contributed by atoms with Gasteiger partial charge in [-0.3, -0.25) is 0 Å². The van der Waals surface area contributed by atoms with Crippen molar-refractivity contribution in [1.82, 2.24) is 0 Å². The van der Waals surface area contributed by atoms with Gasteiger partial charge < -0.3 is 0 Å². The minimum Gasteiger partial charge on any atom is -0.203 e. The summed E-state index contributed by atoms with van der Waals surface area (Å²) in [5, 5.41) is 0. The number of benzene rings is 2. The first-order valence-corrected chi connectivity index (χ1v) is 6.89. The van der Waals surface area contributed by atoms with Gasteiger partial charge in [0.05, 0.1) is 4.83 Å². The number of hydrogen-bond acceptors (Lipinski definition) is 0. The van der Waals surface area contributed by atoms with E-state index in [1.807, 2.05) is 0 Å². The van der Waals surface area contributed by atoms with Crippen LogP contribution in [0.25, 0.3) is 0 Å². The molecule has 1 unspecified atom stereocenters. The second kappa shape index (κ2) is 5.75. The first-order valence-electron chi connectivity index (χ1n) is 5.98. The van der Waals surface area contributed by atoms with Gasteiger partial charge in [0.25, 0.3) is 0 Å². The van der Waals surface area contributed by atoms with Gasteiger partial charge in [-0.15, -0.1) is 0 Å². The molecule has 0 heterocycles. The third-order valence-corrected chi connectivity index (χ3v) is 4.16. The number of halogens is 6. The molecule has 0 bridgehead atoms. The highest BCUT2D eigenvalue weighted by atomic mass is 79.9. The maximum Gasteiger partial charge on any atom is 0.200 e. The molecule has 0 aromatic heterocycles. The maximum absolute atomic E-state index is 13.8.